The molecular formula is C20H37N3O5. The lowest BCUT2D eigenvalue weighted by Crippen LogP contribution is -2.11. The van der Waals surface area contributed by atoms with Gasteiger partial charge in [0.25, 0.3) is 0 Å². The zero-order valence-corrected chi connectivity index (χ0v) is 17.7. The Morgan fingerprint density at radius 3 is 2.25 bits per heavy atom. The van der Waals surface area contributed by atoms with Gasteiger partial charge in [-0.05, 0) is 19.8 Å². The van der Waals surface area contributed by atoms with Crippen molar-refractivity contribution in [1.82, 2.24) is 15.0 Å². The molecule has 0 saturated heterocycles. The second-order valence-corrected chi connectivity index (χ2v) is 6.88. The third-order valence-electron chi connectivity index (χ3n) is 4.11. The van der Waals surface area contributed by atoms with E-state index in [4.69, 9.17) is 18.9 Å². The van der Waals surface area contributed by atoms with Gasteiger partial charge in [-0.3, -0.25) is 9.48 Å². The predicted octanol–water partition coefficient (Wildman–Crippen LogP) is 2.65. The van der Waals surface area contributed by atoms with Crippen molar-refractivity contribution in [2.24, 2.45) is 5.92 Å². The number of aromatic nitrogens is 3. The van der Waals surface area contributed by atoms with Gasteiger partial charge in [0.1, 0.15) is 11.5 Å². The van der Waals surface area contributed by atoms with E-state index in [-0.39, 0.29) is 5.92 Å². The first-order valence-corrected chi connectivity index (χ1v) is 10.4. The molecule has 0 bridgehead atoms. The largest absolute Gasteiger partial charge is 0.379 e. The predicted molar refractivity (Wildman–Crippen MR) is 106 cm³/mol. The molecule has 0 aliphatic rings. The molecular weight excluding hydrogens is 362 g/mol. The quantitative estimate of drug-likeness (QED) is 0.331. The molecule has 0 aliphatic heterocycles. The van der Waals surface area contributed by atoms with Crippen molar-refractivity contribution >= 4 is 5.78 Å². The molecule has 1 rings (SSSR count). The number of hydrogen-bond donors (Lipinski definition) is 0. The molecule has 0 atom stereocenters. The normalized spacial score (nSPS) is 11.4. The van der Waals surface area contributed by atoms with Crippen molar-refractivity contribution < 1.29 is 23.7 Å². The van der Waals surface area contributed by atoms with Crippen LogP contribution in [0.25, 0.3) is 0 Å². The van der Waals surface area contributed by atoms with Crippen molar-refractivity contribution in [2.45, 2.75) is 59.6 Å². The van der Waals surface area contributed by atoms with Crippen molar-refractivity contribution in [3.63, 3.8) is 0 Å². The first-order chi connectivity index (χ1) is 13.6. The summed E-state index contributed by atoms with van der Waals surface area (Å²) in [6.45, 7) is 11.2. The van der Waals surface area contributed by atoms with E-state index >= 15 is 0 Å². The number of Topliss-reactive ketones (excluding diaryl/α,β-unsaturated/α-hetero) is 1. The third kappa shape index (κ3) is 12.9. The van der Waals surface area contributed by atoms with Crippen LogP contribution in [0.4, 0.5) is 0 Å². The van der Waals surface area contributed by atoms with Gasteiger partial charge in [0.2, 0.25) is 0 Å². The molecule has 0 unspecified atom stereocenters. The van der Waals surface area contributed by atoms with Gasteiger partial charge in [-0.15, -0.1) is 5.10 Å². The van der Waals surface area contributed by atoms with E-state index in [1.54, 1.807) is 0 Å². The Morgan fingerprint density at radius 2 is 1.61 bits per heavy atom. The Balaban J connectivity index is 1.94. The Bertz CT molecular complexity index is 508. The number of nitrogens with zero attached hydrogens (tertiary/aromatic N) is 3. The van der Waals surface area contributed by atoms with Gasteiger partial charge in [-0.2, -0.15) is 0 Å². The molecule has 162 valence electrons. The van der Waals surface area contributed by atoms with Gasteiger partial charge >= 0.3 is 0 Å². The van der Waals surface area contributed by atoms with Crippen LogP contribution in [0, 0.1) is 5.92 Å². The van der Waals surface area contributed by atoms with Gasteiger partial charge in [-0.25, -0.2) is 0 Å². The lowest BCUT2D eigenvalue weighted by atomic mass is 10.0. The highest BCUT2D eigenvalue weighted by Crippen LogP contribution is 2.07. The van der Waals surface area contributed by atoms with E-state index in [1.807, 2.05) is 31.6 Å². The summed E-state index contributed by atoms with van der Waals surface area (Å²) >= 11 is 0. The number of aryl methyl sites for hydroxylation is 1. The molecule has 1 aromatic rings. The Kier molecular flexibility index (Phi) is 14.6. The maximum absolute atomic E-state index is 11.6. The maximum atomic E-state index is 11.6. The maximum Gasteiger partial charge on any atom is 0.135 e. The fourth-order valence-electron chi connectivity index (χ4n) is 2.43. The SMILES string of the molecule is CCOCCOCCOCCOCc1cn(CCCCCC(=O)C(C)C)nn1. The number of hydrogen-bond acceptors (Lipinski definition) is 7. The average Bonchev–Trinajstić information content (AvgIpc) is 3.13. The molecule has 0 fully saturated rings. The fraction of sp³-hybridized carbons (Fsp3) is 0.850. The van der Waals surface area contributed by atoms with E-state index in [0.29, 0.717) is 65.1 Å². The zero-order chi connectivity index (χ0) is 20.5. The van der Waals surface area contributed by atoms with E-state index in [2.05, 4.69) is 10.3 Å². The number of ketones is 1. The summed E-state index contributed by atoms with van der Waals surface area (Å²) in [5.74, 6) is 0.487. The van der Waals surface area contributed by atoms with Gasteiger partial charge in [0.15, 0.2) is 0 Å². The molecule has 0 N–H and O–H groups in total. The molecule has 0 spiro atoms. The number of rotatable bonds is 19. The molecule has 0 radical (unpaired) electrons. The lowest BCUT2D eigenvalue weighted by Gasteiger charge is -2.06. The smallest absolute Gasteiger partial charge is 0.135 e. The third-order valence-corrected chi connectivity index (χ3v) is 4.11. The molecule has 0 aromatic carbocycles. The van der Waals surface area contributed by atoms with Crippen LogP contribution in [0.3, 0.4) is 0 Å². The van der Waals surface area contributed by atoms with E-state index in [1.165, 1.54) is 0 Å². The summed E-state index contributed by atoms with van der Waals surface area (Å²) in [5.41, 5.74) is 0.814. The second kappa shape index (κ2) is 16.6. The van der Waals surface area contributed by atoms with Crippen molar-refractivity contribution in [1.29, 1.82) is 0 Å². The van der Waals surface area contributed by atoms with Crippen LogP contribution < -0.4 is 0 Å². The van der Waals surface area contributed by atoms with Gasteiger partial charge in [-0.1, -0.05) is 25.5 Å². The number of carbonyl (C=O) groups is 1. The second-order valence-electron chi connectivity index (χ2n) is 6.88. The fourth-order valence-corrected chi connectivity index (χ4v) is 2.43. The Hall–Kier alpha value is -1.35. The van der Waals surface area contributed by atoms with Gasteiger partial charge in [0, 0.05) is 25.5 Å². The van der Waals surface area contributed by atoms with E-state index < -0.39 is 0 Å². The van der Waals surface area contributed by atoms with Crippen LogP contribution in [-0.4, -0.2) is 67.0 Å². The average molecular weight is 400 g/mol. The van der Waals surface area contributed by atoms with Crippen molar-refractivity contribution in [3.05, 3.63) is 11.9 Å². The molecule has 8 heteroatoms. The van der Waals surface area contributed by atoms with E-state index in [0.717, 1.165) is 31.5 Å². The van der Waals surface area contributed by atoms with Crippen LogP contribution in [-0.2, 0) is 36.9 Å². The van der Waals surface area contributed by atoms with Crippen LogP contribution in [0.2, 0.25) is 0 Å². The molecule has 28 heavy (non-hydrogen) atoms. The van der Waals surface area contributed by atoms with Crippen LogP contribution in [0.1, 0.15) is 52.1 Å². The highest BCUT2D eigenvalue weighted by molar-refractivity contribution is 5.80. The molecule has 0 amide bonds. The lowest BCUT2D eigenvalue weighted by molar-refractivity contribution is -0.122. The van der Waals surface area contributed by atoms with Crippen LogP contribution >= 0.6 is 0 Å². The molecule has 0 aliphatic carbocycles. The Morgan fingerprint density at radius 1 is 0.964 bits per heavy atom. The van der Waals surface area contributed by atoms with Crippen molar-refractivity contribution in [2.75, 3.05) is 46.2 Å². The first kappa shape index (κ1) is 24.7. The minimum Gasteiger partial charge on any atom is -0.379 e. The molecule has 1 heterocycles. The summed E-state index contributed by atoms with van der Waals surface area (Å²) in [6.07, 6.45) is 5.55. The minimum atomic E-state index is 0.141. The minimum absolute atomic E-state index is 0.141. The summed E-state index contributed by atoms with van der Waals surface area (Å²) < 4.78 is 23.3. The zero-order valence-electron chi connectivity index (χ0n) is 17.7. The Labute approximate surface area is 168 Å². The highest BCUT2D eigenvalue weighted by atomic mass is 16.6. The standard InChI is InChI=1S/C20H37N3O5/c1-4-25-10-11-26-12-13-27-14-15-28-17-19-16-23(22-21-19)9-7-5-6-8-20(24)18(2)3/h16,18H,4-15,17H2,1-3H3. The number of ether oxygens (including phenoxy) is 4. The van der Waals surface area contributed by atoms with Crippen LogP contribution in [0.15, 0.2) is 6.20 Å². The summed E-state index contributed by atoms with van der Waals surface area (Å²) in [6, 6.07) is 0. The monoisotopic (exact) mass is 399 g/mol. The summed E-state index contributed by atoms with van der Waals surface area (Å²) in [7, 11) is 0. The van der Waals surface area contributed by atoms with Crippen molar-refractivity contribution in [3.8, 4) is 0 Å². The topological polar surface area (TPSA) is 84.7 Å². The van der Waals surface area contributed by atoms with Gasteiger partial charge < -0.3 is 18.9 Å². The molecule has 1 aromatic heterocycles. The molecule has 8 nitrogen and oxygen atoms in total. The first-order valence-electron chi connectivity index (χ1n) is 10.4. The molecule has 0 saturated carbocycles. The summed E-state index contributed by atoms with van der Waals surface area (Å²) in [4.78, 5) is 11.6. The van der Waals surface area contributed by atoms with E-state index in [9.17, 15) is 4.79 Å². The number of unbranched alkanes of at least 4 members (excludes halogenated alkanes) is 2. The summed E-state index contributed by atoms with van der Waals surface area (Å²) in [5, 5.41) is 8.22. The van der Waals surface area contributed by atoms with Gasteiger partial charge in [0.05, 0.1) is 52.4 Å². The highest BCUT2D eigenvalue weighted by Gasteiger charge is 2.06. The van der Waals surface area contributed by atoms with Crippen LogP contribution in [0.5, 0.6) is 0 Å². The number of carbonyl (C=O) groups excluding carboxylic acids is 1.